The van der Waals surface area contributed by atoms with Crippen molar-refractivity contribution in [2.45, 2.75) is 42.9 Å². The van der Waals surface area contributed by atoms with Crippen molar-refractivity contribution in [3.63, 3.8) is 0 Å². The number of rotatable bonds is 4. The minimum absolute atomic E-state index is 0.00747. The van der Waals surface area contributed by atoms with Gasteiger partial charge in [0.15, 0.2) is 0 Å². The van der Waals surface area contributed by atoms with Crippen LogP contribution in [0, 0.1) is 23.2 Å². The number of carbonyl (C=O) groups excluding carboxylic acids is 1. The molecular weight excluding hydrogens is 388 g/mol. The summed E-state index contributed by atoms with van der Waals surface area (Å²) in [4.78, 5) is 13.1. The number of amides is 1. The molecule has 4 saturated carbocycles. The van der Waals surface area contributed by atoms with Crippen molar-refractivity contribution in [2.75, 3.05) is 31.6 Å². The third-order valence-electron chi connectivity index (χ3n) is 6.68. The van der Waals surface area contributed by atoms with E-state index in [0.717, 1.165) is 30.6 Å². The second kappa shape index (κ2) is 6.47. The van der Waals surface area contributed by atoms with Crippen LogP contribution >= 0.6 is 11.3 Å². The number of carbonyl (C=O) groups is 1. The second-order valence-electron chi connectivity index (χ2n) is 8.54. The Hall–Kier alpha value is -1.10. The van der Waals surface area contributed by atoms with E-state index in [9.17, 15) is 13.2 Å². The summed E-state index contributed by atoms with van der Waals surface area (Å²) in [6, 6.07) is 0. The molecule has 10 heteroatoms. The topological polar surface area (TPSA) is 101 Å². The van der Waals surface area contributed by atoms with Gasteiger partial charge in [0.2, 0.25) is 15.4 Å². The first-order chi connectivity index (χ1) is 12.9. The zero-order valence-electron chi connectivity index (χ0n) is 15.1. The number of hydrogen-bond acceptors (Lipinski definition) is 7. The van der Waals surface area contributed by atoms with Crippen molar-refractivity contribution in [3.8, 4) is 0 Å². The van der Waals surface area contributed by atoms with Gasteiger partial charge in [0.1, 0.15) is 0 Å². The molecule has 6 rings (SSSR count). The summed E-state index contributed by atoms with van der Waals surface area (Å²) in [5.41, 5.74) is -0.288. The molecule has 0 spiro atoms. The van der Waals surface area contributed by atoms with Gasteiger partial charge in [0.25, 0.3) is 10.0 Å². The van der Waals surface area contributed by atoms with E-state index in [1.54, 1.807) is 0 Å². The van der Waals surface area contributed by atoms with E-state index >= 15 is 0 Å². The van der Waals surface area contributed by atoms with Crippen molar-refractivity contribution in [1.82, 2.24) is 14.5 Å². The summed E-state index contributed by atoms with van der Waals surface area (Å²) < 4.78 is 31.9. The quantitative estimate of drug-likeness (QED) is 0.756. The third kappa shape index (κ3) is 3.10. The number of anilines is 1. The highest BCUT2D eigenvalue weighted by molar-refractivity contribution is 7.91. The van der Waals surface area contributed by atoms with E-state index in [-0.39, 0.29) is 20.8 Å². The number of ether oxygens (including phenoxy) is 1. The Morgan fingerprint density at radius 1 is 1.07 bits per heavy atom. The van der Waals surface area contributed by atoms with Crippen LogP contribution < -0.4 is 5.32 Å². The highest BCUT2D eigenvalue weighted by Crippen LogP contribution is 2.60. The number of nitrogens with zero attached hydrogens (tertiary/aromatic N) is 3. The minimum Gasteiger partial charge on any atom is -0.379 e. The zero-order valence-corrected chi connectivity index (χ0v) is 16.7. The van der Waals surface area contributed by atoms with E-state index in [0.29, 0.717) is 44.1 Å². The van der Waals surface area contributed by atoms with Crippen molar-refractivity contribution in [1.29, 1.82) is 0 Å². The van der Waals surface area contributed by atoms with Gasteiger partial charge in [-0.3, -0.25) is 4.79 Å². The fourth-order valence-electron chi connectivity index (χ4n) is 5.88. The normalized spacial score (nSPS) is 36.1. The molecule has 1 aliphatic heterocycles. The first-order valence-corrected chi connectivity index (χ1v) is 11.9. The Morgan fingerprint density at radius 2 is 1.67 bits per heavy atom. The molecule has 1 N–H and O–H groups in total. The monoisotopic (exact) mass is 412 g/mol. The molecule has 1 aromatic rings. The fraction of sp³-hybridized carbons (Fsp3) is 0.824. The minimum atomic E-state index is -3.68. The van der Waals surface area contributed by atoms with E-state index in [4.69, 9.17) is 4.74 Å². The predicted octanol–water partition coefficient (Wildman–Crippen LogP) is 1.71. The van der Waals surface area contributed by atoms with Crippen molar-refractivity contribution >= 4 is 32.4 Å². The number of sulfonamides is 1. The zero-order chi connectivity index (χ0) is 18.6. The SMILES string of the molecule is O=C(Nc1nnc(S(=O)(=O)N2CCOCC2)s1)C12CC3CC(CC(C3)C1)C2. The third-order valence-corrected chi connectivity index (χ3v) is 9.76. The van der Waals surface area contributed by atoms with Crippen LogP contribution in [0.5, 0.6) is 0 Å². The van der Waals surface area contributed by atoms with Gasteiger partial charge >= 0.3 is 0 Å². The Kier molecular flexibility index (Phi) is 4.30. The lowest BCUT2D eigenvalue weighted by Gasteiger charge is -2.55. The summed E-state index contributed by atoms with van der Waals surface area (Å²) in [7, 11) is -3.68. The van der Waals surface area contributed by atoms with Crippen LogP contribution in [-0.2, 0) is 19.6 Å². The summed E-state index contributed by atoms with van der Waals surface area (Å²) in [5, 5.41) is 11.0. The van der Waals surface area contributed by atoms with Gasteiger partial charge < -0.3 is 10.1 Å². The molecule has 148 valence electrons. The highest BCUT2D eigenvalue weighted by atomic mass is 32.2. The maximum atomic E-state index is 13.1. The lowest BCUT2D eigenvalue weighted by atomic mass is 9.49. The number of nitrogens with one attached hydrogen (secondary N) is 1. The van der Waals surface area contributed by atoms with Crippen LogP contribution in [0.4, 0.5) is 5.13 Å². The van der Waals surface area contributed by atoms with E-state index < -0.39 is 10.0 Å². The molecule has 27 heavy (non-hydrogen) atoms. The van der Waals surface area contributed by atoms with Gasteiger partial charge in [-0.2, -0.15) is 4.31 Å². The standard InChI is InChI=1S/C17H24N4O4S2/c22-14(17-8-11-5-12(9-17)7-13(6-11)10-17)18-15-19-20-16(26-15)27(23,24)21-1-3-25-4-2-21/h11-13H,1-10H2,(H,18,19,22). The Morgan fingerprint density at radius 3 is 2.26 bits per heavy atom. The van der Waals surface area contributed by atoms with E-state index in [1.165, 1.54) is 23.6 Å². The lowest BCUT2D eigenvalue weighted by Crippen LogP contribution is -2.51. The smallest absolute Gasteiger partial charge is 0.272 e. The second-order valence-corrected chi connectivity index (χ2v) is 11.6. The van der Waals surface area contributed by atoms with Crippen molar-refractivity contribution < 1.29 is 17.9 Å². The molecule has 0 unspecified atom stereocenters. The molecule has 0 radical (unpaired) electrons. The Labute approximate surface area is 162 Å². The molecule has 4 aliphatic carbocycles. The average Bonchev–Trinajstić information content (AvgIpc) is 3.11. The van der Waals surface area contributed by atoms with Gasteiger partial charge in [-0.25, -0.2) is 8.42 Å². The van der Waals surface area contributed by atoms with Crippen LogP contribution in [-0.4, -0.2) is 55.1 Å². The number of morpholine rings is 1. The molecule has 0 atom stereocenters. The summed E-state index contributed by atoms with van der Waals surface area (Å²) in [5.74, 6) is 2.03. The largest absolute Gasteiger partial charge is 0.379 e. The highest BCUT2D eigenvalue weighted by Gasteiger charge is 2.54. The summed E-state index contributed by atoms with van der Waals surface area (Å²) in [6.07, 6.45) is 6.70. The lowest BCUT2D eigenvalue weighted by molar-refractivity contribution is -0.140. The van der Waals surface area contributed by atoms with E-state index in [1.807, 2.05) is 0 Å². The van der Waals surface area contributed by atoms with Crippen LogP contribution in [0.1, 0.15) is 38.5 Å². The van der Waals surface area contributed by atoms with Crippen molar-refractivity contribution in [3.05, 3.63) is 0 Å². The van der Waals surface area contributed by atoms with Gasteiger partial charge in [-0.1, -0.05) is 11.3 Å². The molecule has 1 saturated heterocycles. The molecule has 0 aromatic carbocycles. The summed E-state index contributed by atoms with van der Waals surface area (Å²) in [6.45, 7) is 1.40. The molecule has 8 nitrogen and oxygen atoms in total. The average molecular weight is 413 g/mol. The van der Waals surface area contributed by atoms with E-state index in [2.05, 4.69) is 15.5 Å². The van der Waals surface area contributed by atoms with Gasteiger partial charge in [-0.05, 0) is 56.3 Å². The van der Waals surface area contributed by atoms with Crippen molar-refractivity contribution in [2.24, 2.45) is 23.2 Å². The molecule has 1 aromatic heterocycles. The van der Waals surface area contributed by atoms with Crippen LogP contribution in [0.25, 0.3) is 0 Å². The van der Waals surface area contributed by atoms with Crippen LogP contribution in [0.2, 0.25) is 0 Å². The molecule has 2 heterocycles. The first kappa shape index (κ1) is 18.0. The summed E-state index contributed by atoms with van der Waals surface area (Å²) >= 11 is 0.941. The predicted molar refractivity (Wildman–Crippen MR) is 98.7 cm³/mol. The molecular formula is C17H24N4O4S2. The van der Waals surface area contributed by atoms with Gasteiger partial charge in [0, 0.05) is 13.1 Å². The maximum Gasteiger partial charge on any atom is 0.272 e. The van der Waals surface area contributed by atoms with Gasteiger partial charge in [-0.15, -0.1) is 10.2 Å². The Balaban J connectivity index is 1.31. The van der Waals surface area contributed by atoms with Crippen LogP contribution in [0.15, 0.2) is 4.34 Å². The first-order valence-electron chi connectivity index (χ1n) is 9.67. The molecule has 1 amide bonds. The molecule has 5 fully saturated rings. The number of aromatic nitrogens is 2. The maximum absolute atomic E-state index is 13.1. The van der Waals surface area contributed by atoms with Crippen LogP contribution in [0.3, 0.4) is 0 Å². The van der Waals surface area contributed by atoms with Gasteiger partial charge in [0.05, 0.1) is 18.6 Å². The molecule has 5 aliphatic rings. The number of hydrogen-bond donors (Lipinski definition) is 1. The molecule has 4 bridgehead atoms. The fourth-order valence-corrected chi connectivity index (χ4v) is 8.32. The Bertz CT molecular complexity index is 812.